The number of hydrogen-bond acceptors (Lipinski definition) is 3. The fraction of sp³-hybridized carbons (Fsp3) is 0.0769. The molecule has 2 rings (SSSR count). The minimum Gasteiger partial charge on any atom is -0.447 e. The molecule has 0 heterocycles. The molecule has 0 aromatic heterocycles. The van der Waals surface area contributed by atoms with E-state index < -0.39 is 22.2 Å². The van der Waals surface area contributed by atoms with Gasteiger partial charge in [-0.1, -0.05) is 15.9 Å². The number of rotatable bonds is 3. The van der Waals surface area contributed by atoms with Crippen LogP contribution in [-0.2, 0) is 0 Å². The Kier molecular flexibility index (Phi) is 3.99. The van der Waals surface area contributed by atoms with Crippen LogP contribution in [0, 0.1) is 28.7 Å². The van der Waals surface area contributed by atoms with Crippen LogP contribution in [0.1, 0.15) is 5.56 Å². The van der Waals surface area contributed by atoms with Crippen molar-refractivity contribution in [2.75, 3.05) is 0 Å². The summed E-state index contributed by atoms with van der Waals surface area (Å²) in [7, 11) is 0. The molecule has 0 bridgehead atoms. The van der Waals surface area contributed by atoms with E-state index in [-0.39, 0.29) is 17.1 Å². The van der Waals surface area contributed by atoms with Crippen LogP contribution in [0.15, 0.2) is 34.8 Å². The van der Waals surface area contributed by atoms with Crippen molar-refractivity contribution in [3.63, 3.8) is 0 Å². The Morgan fingerprint density at radius 2 is 1.85 bits per heavy atom. The van der Waals surface area contributed by atoms with Crippen LogP contribution in [0.4, 0.5) is 14.5 Å². The molecule has 104 valence electrons. The Hall–Kier alpha value is -2.02. The Morgan fingerprint density at radius 3 is 2.50 bits per heavy atom. The van der Waals surface area contributed by atoms with Crippen molar-refractivity contribution in [1.29, 1.82) is 0 Å². The summed E-state index contributed by atoms with van der Waals surface area (Å²) in [5, 5.41) is 10.9. The fourth-order valence-corrected chi connectivity index (χ4v) is 1.88. The zero-order chi connectivity index (χ0) is 14.9. The first kappa shape index (κ1) is 14.4. The van der Waals surface area contributed by atoms with Gasteiger partial charge in [0.05, 0.1) is 11.0 Å². The molecule has 20 heavy (non-hydrogen) atoms. The number of hydrogen-bond donors (Lipinski definition) is 0. The lowest BCUT2D eigenvalue weighted by Crippen LogP contribution is -1.97. The summed E-state index contributed by atoms with van der Waals surface area (Å²) in [6.45, 7) is 1.43. The van der Waals surface area contributed by atoms with E-state index in [1.807, 2.05) is 0 Å². The van der Waals surface area contributed by atoms with E-state index in [1.165, 1.54) is 19.1 Å². The van der Waals surface area contributed by atoms with Gasteiger partial charge in [0.25, 0.3) is 0 Å². The molecular formula is C13H8BrF2NO3. The smallest absolute Gasteiger partial charge is 0.314 e. The van der Waals surface area contributed by atoms with Crippen LogP contribution in [0.3, 0.4) is 0 Å². The molecule has 0 N–H and O–H groups in total. The second-order valence-corrected chi connectivity index (χ2v) is 4.92. The SMILES string of the molecule is Cc1cc(Oc2cc(Br)ccc2F)c([N+](=O)[O-])cc1F. The number of ether oxygens (including phenoxy) is 1. The van der Waals surface area contributed by atoms with Crippen LogP contribution in [0.25, 0.3) is 0 Å². The van der Waals surface area contributed by atoms with Gasteiger partial charge in [-0.3, -0.25) is 10.1 Å². The second-order valence-electron chi connectivity index (χ2n) is 4.00. The molecule has 0 saturated heterocycles. The number of benzene rings is 2. The van der Waals surface area contributed by atoms with E-state index in [0.717, 1.165) is 18.2 Å². The zero-order valence-electron chi connectivity index (χ0n) is 10.2. The van der Waals surface area contributed by atoms with E-state index in [4.69, 9.17) is 4.74 Å². The maximum Gasteiger partial charge on any atom is 0.314 e. The Bertz CT molecular complexity index is 692. The summed E-state index contributed by atoms with van der Waals surface area (Å²) in [5.41, 5.74) is -0.395. The lowest BCUT2D eigenvalue weighted by molar-refractivity contribution is -0.385. The highest BCUT2D eigenvalue weighted by atomic mass is 79.9. The number of aryl methyl sites for hydroxylation is 1. The minimum absolute atomic E-state index is 0.168. The molecule has 0 atom stereocenters. The molecule has 0 unspecified atom stereocenters. The monoisotopic (exact) mass is 343 g/mol. The van der Waals surface area contributed by atoms with Crippen LogP contribution >= 0.6 is 15.9 Å². The molecule has 0 aliphatic rings. The Labute approximate surface area is 121 Å². The highest BCUT2D eigenvalue weighted by molar-refractivity contribution is 9.10. The van der Waals surface area contributed by atoms with Gasteiger partial charge in [0.15, 0.2) is 11.6 Å². The number of halogens is 3. The molecule has 2 aromatic carbocycles. The standard InChI is InChI=1S/C13H8BrF2NO3/c1-7-4-13(11(17(18)19)6-10(7)16)20-12-5-8(14)2-3-9(12)15/h2-6H,1H3. The highest BCUT2D eigenvalue weighted by Gasteiger charge is 2.20. The number of nitro benzene ring substituents is 1. The quantitative estimate of drug-likeness (QED) is 0.597. The molecule has 0 aliphatic carbocycles. The molecule has 0 spiro atoms. The van der Waals surface area contributed by atoms with E-state index in [0.29, 0.717) is 4.47 Å². The fourth-order valence-electron chi connectivity index (χ4n) is 1.54. The Morgan fingerprint density at radius 1 is 1.15 bits per heavy atom. The van der Waals surface area contributed by atoms with Crippen molar-refractivity contribution in [3.8, 4) is 11.5 Å². The van der Waals surface area contributed by atoms with Gasteiger partial charge in [0.1, 0.15) is 5.82 Å². The summed E-state index contributed by atoms with van der Waals surface area (Å²) in [6.07, 6.45) is 0. The average Bonchev–Trinajstić information content (AvgIpc) is 2.37. The third-order valence-electron chi connectivity index (χ3n) is 2.55. The summed E-state index contributed by atoms with van der Waals surface area (Å²) in [5.74, 6) is -1.80. The van der Waals surface area contributed by atoms with Crippen LogP contribution in [-0.4, -0.2) is 4.92 Å². The molecule has 0 fully saturated rings. The maximum atomic E-state index is 13.6. The number of nitro groups is 1. The van der Waals surface area contributed by atoms with Crippen LogP contribution in [0.2, 0.25) is 0 Å². The summed E-state index contributed by atoms with van der Waals surface area (Å²) in [4.78, 5) is 10.1. The van der Waals surface area contributed by atoms with Crippen LogP contribution in [0.5, 0.6) is 11.5 Å². The third-order valence-corrected chi connectivity index (χ3v) is 3.04. The lowest BCUT2D eigenvalue weighted by atomic mass is 10.2. The predicted octanol–water partition coefficient (Wildman–Crippen LogP) is 4.74. The first-order valence-electron chi connectivity index (χ1n) is 5.46. The molecule has 0 amide bonds. The molecule has 0 aliphatic heterocycles. The van der Waals surface area contributed by atoms with Crippen molar-refractivity contribution in [1.82, 2.24) is 0 Å². The van der Waals surface area contributed by atoms with E-state index in [2.05, 4.69) is 15.9 Å². The summed E-state index contributed by atoms with van der Waals surface area (Å²) >= 11 is 3.14. The molecule has 0 saturated carbocycles. The van der Waals surface area contributed by atoms with Crippen molar-refractivity contribution >= 4 is 21.6 Å². The van der Waals surface area contributed by atoms with Gasteiger partial charge < -0.3 is 4.74 Å². The Balaban J connectivity index is 2.50. The van der Waals surface area contributed by atoms with E-state index >= 15 is 0 Å². The third kappa shape index (κ3) is 2.93. The highest BCUT2D eigenvalue weighted by Crippen LogP contribution is 2.35. The zero-order valence-corrected chi connectivity index (χ0v) is 11.8. The van der Waals surface area contributed by atoms with E-state index in [1.54, 1.807) is 0 Å². The van der Waals surface area contributed by atoms with Gasteiger partial charge in [0, 0.05) is 4.47 Å². The topological polar surface area (TPSA) is 52.4 Å². The van der Waals surface area contributed by atoms with Crippen molar-refractivity contribution in [2.24, 2.45) is 0 Å². The molecule has 4 nitrogen and oxygen atoms in total. The molecule has 2 aromatic rings. The first-order chi connectivity index (χ1) is 9.38. The largest absolute Gasteiger partial charge is 0.447 e. The van der Waals surface area contributed by atoms with Crippen molar-refractivity contribution in [3.05, 3.63) is 62.1 Å². The van der Waals surface area contributed by atoms with Crippen molar-refractivity contribution in [2.45, 2.75) is 6.92 Å². The first-order valence-corrected chi connectivity index (χ1v) is 6.25. The second kappa shape index (κ2) is 5.54. The van der Waals surface area contributed by atoms with Crippen molar-refractivity contribution < 1.29 is 18.4 Å². The predicted molar refractivity (Wildman–Crippen MR) is 72.0 cm³/mol. The van der Waals surface area contributed by atoms with E-state index in [9.17, 15) is 18.9 Å². The molecular weight excluding hydrogens is 336 g/mol. The number of nitrogens with zero attached hydrogens (tertiary/aromatic N) is 1. The maximum absolute atomic E-state index is 13.6. The van der Waals surface area contributed by atoms with Gasteiger partial charge in [-0.05, 0) is 36.8 Å². The molecule has 7 heteroatoms. The lowest BCUT2D eigenvalue weighted by Gasteiger charge is -2.09. The van der Waals surface area contributed by atoms with Gasteiger partial charge in [-0.25, -0.2) is 8.78 Å². The normalized spacial score (nSPS) is 10.4. The van der Waals surface area contributed by atoms with Gasteiger partial charge in [-0.15, -0.1) is 0 Å². The summed E-state index contributed by atoms with van der Waals surface area (Å²) < 4.78 is 32.7. The minimum atomic E-state index is -0.784. The summed E-state index contributed by atoms with van der Waals surface area (Å²) in [6, 6.07) is 5.86. The van der Waals surface area contributed by atoms with Gasteiger partial charge in [0.2, 0.25) is 5.75 Å². The average molecular weight is 344 g/mol. The van der Waals surface area contributed by atoms with Gasteiger partial charge >= 0.3 is 5.69 Å². The molecule has 0 radical (unpaired) electrons. The van der Waals surface area contributed by atoms with Crippen LogP contribution < -0.4 is 4.74 Å². The van der Waals surface area contributed by atoms with Gasteiger partial charge in [-0.2, -0.15) is 0 Å².